The Bertz CT molecular complexity index is 783. The Kier molecular flexibility index (Phi) is 6.21. The van der Waals surface area contributed by atoms with Gasteiger partial charge in [-0.2, -0.15) is 0 Å². The summed E-state index contributed by atoms with van der Waals surface area (Å²) in [5.74, 6) is 3.86. The van der Waals surface area contributed by atoms with Crippen LogP contribution in [-0.2, 0) is 9.47 Å². The number of nitrogens with one attached hydrogen (secondary N) is 1. The van der Waals surface area contributed by atoms with Crippen molar-refractivity contribution in [2.24, 2.45) is 46.3 Å². The molecule has 34 heavy (non-hydrogen) atoms. The van der Waals surface area contributed by atoms with E-state index >= 15 is 0 Å². The van der Waals surface area contributed by atoms with Gasteiger partial charge in [0.05, 0.1) is 6.10 Å². The van der Waals surface area contributed by atoms with Gasteiger partial charge in [0.25, 0.3) is 0 Å². The normalized spacial score (nSPS) is 53.3. The van der Waals surface area contributed by atoms with Crippen LogP contribution in [0.4, 0.5) is 0 Å². The number of nitrogens with zero attached hydrogens (tertiary/aromatic N) is 1. The summed E-state index contributed by atoms with van der Waals surface area (Å²) < 4.78 is 10.9. The number of fused-ring (bicyclic) bond motifs is 5. The SMILES string of the molecule is COC1OC1CCC(C)[C@H]1C=CC2[C@H]3CC(O)[C@@H]4CC(N5CCNC5)CCC4(C)C3CCC21C. The molecule has 0 bridgehead atoms. The van der Waals surface area contributed by atoms with E-state index in [1.807, 2.05) is 0 Å². The smallest absolute Gasteiger partial charge is 0.184 e. The van der Waals surface area contributed by atoms with Gasteiger partial charge in [-0.1, -0.05) is 32.9 Å². The minimum atomic E-state index is -0.130. The van der Waals surface area contributed by atoms with Gasteiger partial charge in [-0.3, -0.25) is 4.90 Å². The summed E-state index contributed by atoms with van der Waals surface area (Å²) in [5.41, 5.74) is 0.663. The average Bonchev–Trinajstić information content (AvgIpc) is 3.18. The Morgan fingerprint density at radius 1 is 1.15 bits per heavy atom. The summed E-state index contributed by atoms with van der Waals surface area (Å²) in [6.45, 7) is 11.0. The van der Waals surface area contributed by atoms with Gasteiger partial charge >= 0.3 is 0 Å². The van der Waals surface area contributed by atoms with Crippen molar-refractivity contribution in [2.75, 3.05) is 26.9 Å². The minimum absolute atomic E-state index is 0.0410. The maximum Gasteiger partial charge on any atom is 0.184 e. The molecule has 2 N–H and O–H groups in total. The maximum atomic E-state index is 11.6. The zero-order chi connectivity index (χ0) is 23.7. The molecular formula is C29H48N2O3. The lowest BCUT2D eigenvalue weighted by Crippen LogP contribution is -2.59. The number of methoxy groups -OCH3 is 1. The van der Waals surface area contributed by atoms with E-state index in [-0.39, 0.29) is 12.4 Å². The predicted molar refractivity (Wildman–Crippen MR) is 134 cm³/mol. The van der Waals surface area contributed by atoms with Crippen LogP contribution in [0.25, 0.3) is 0 Å². The second kappa shape index (κ2) is 8.83. The van der Waals surface area contributed by atoms with Crippen molar-refractivity contribution in [3.8, 4) is 0 Å². The molecule has 0 amide bonds. The number of rotatable bonds is 6. The van der Waals surface area contributed by atoms with Crippen LogP contribution in [0.5, 0.6) is 0 Å². The minimum Gasteiger partial charge on any atom is -0.393 e. The molecule has 4 aliphatic carbocycles. The highest BCUT2D eigenvalue weighted by atomic mass is 16.8. The number of hydrogen-bond acceptors (Lipinski definition) is 5. The second-order valence-corrected chi connectivity index (χ2v) is 13.4. The van der Waals surface area contributed by atoms with Gasteiger partial charge in [0.2, 0.25) is 0 Å². The Morgan fingerprint density at radius 2 is 1.97 bits per heavy atom. The summed E-state index contributed by atoms with van der Waals surface area (Å²) in [4.78, 5) is 2.64. The highest BCUT2D eigenvalue weighted by molar-refractivity contribution is 5.20. The summed E-state index contributed by atoms with van der Waals surface area (Å²) in [7, 11) is 1.75. The fourth-order valence-electron chi connectivity index (χ4n) is 9.92. The number of aliphatic hydroxyl groups excluding tert-OH is 1. The quantitative estimate of drug-likeness (QED) is 0.443. The first-order valence-corrected chi connectivity index (χ1v) is 14.3. The Hall–Kier alpha value is -0.460. The fourth-order valence-corrected chi connectivity index (χ4v) is 9.92. The average molecular weight is 473 g/mol. The summed E-state index contributed by atoms with van der Waals surface area (Å²) in [5, 5.41) is 15.1. The van der Waals surface area contributed by atoms with Crippen LogP contribution in [0, 0.1) is 46.3 Å². The lowest BCUT2D eigenvalue weighted by atomic mass is 9.43. The first-order valence-electron chi connectivity index (χ1n) is 14.3. The number of aliphatic hydroxyl groups is 1. The molecule has 5 heteroatoms. The molecule has 192 valence electrons. The molecule has 0 radical (unpaired) electrons. The molecule has 2 heterocycles. The second-order valence-electron chi connectivity index (χ2n) is 13.4. The van der Waals surface area contributed by atoms with Crippen molar-refractivity contribution in [1.82, 2.24) is 10.2 Å². The molecule has 12 atom stereocenters. The molecule has 0 spiro atoms. The van der Waals surface area contributed by atoms with E-state index in [9.17, 15) is 5.11 Å². The summed E-state index contributed by atoms with van der Waals surface area (Å²) in [6.07, 6.45) is 15.3. The van der Waals surface area contributed by atoms with Crippen molar-refractivity contribution >= 4 is 0 Å². The number of allylic oxidation sites excluding steroid dienone is 2. The summed E-state index contributed by atoms with van der Waals surface area (Å²) >= 11 is 0. The van der Waals surface area contributed by atoms with Crippen molar-refractivity contribution in [3.05, 3.63) is 12.2 Å². The van der Waals surface area contributed by atoms with E-state index in [0.717, 1.165) is 32.0 Å². The number of epoxide rings is 1. The van der Waals surface area contributed by atoms with Crippen molar-refractivity contribution < 1.29 is 14.6 Å². The molecule has 0 aromatic rings. The van der Waals surface area contributed by atoms with Gasteiger partial charge in [-0.25, -0.2) is 0 Å². The van der Waals surface area contributed by atoms with Gasteiger partial charge in [0.15, 0.2) is 6.29 Å². The zero-order valence-corrected chi connectivity index (χ0v) is 21.9. The largest absolute Gasteiger partial charge is 0.393 e. The predicted octanol–water partition coefficient (Wildman–Crippen LogP) is 4.41. The van der Waals surface area contributed by atoms with Gasteiger partial charge in [0, 0.05) is 32.9 Å². The molecule has 9 unspecified atom stereocenters. The van der Waals surface area contributed by atoms with Crippen molar-refractivity contribution in [2.45, 2.75) is 96.7 Å². The molecular weight excluding hydrogens is 424 g/mol. The van der Waals surface area contributed by atoms with Crippen LogP contribution >= 0.6 is 0 Å². The van der Waals surface area contributed by atoms with Gasteiger partial charge in [0.1, 0.15) is 6.10 Å². The maximum absolute atomic E-state index is 11.6. The molecule has 3 saturated carbocycles. The van der Waals surface area contributed by atoms with Crippen LogP contribution in [0.2, 0.25) is 0 Å². The van der Waals surface area contributed by atoms with E-state index in [1.165, 1.54) is 45.1 Å². The van der Waals surface area contributed by atoms with Gasteiger partial charge in [-0.05, 0) is 97.7 Å². The van der Waals surface area contributed by atoms with Crippen LogP contribution in [0.15, 0.2) is 12.2 Å². The number of hydrogen-bond donors (Lipinski definition) is 2. The van der Waals surface area contributed by atoms with Crippen LogP contribution in [0.1, 0.15) is 72.1 Å². The van der Waals surface area contributed by atoms with E-state index in [0.29, 0.717) is 52.6 Å². The lowest BCUT2D eigenvalue weighted by Gasteiger charge is -2.63. The number of ether oxygens (including phenoxy) is 2. The third-order valence-electron chi connectivity index (χ3n) is 11.9. The Balaban J connectivity index is 1.15. The molecule has 6 rings (SSSR count). The molecule has 2 saturated heterocycles. The van der Waals surface area contributed by atoms with Crippen LogP contribution in [0.3, 0.4) is 0 Å². The first kappa shape index (κ1) is 23.9. The van der Waals surface area contributed by atoms with Gasteiger partial charge < -0.3 is 19.9 Å². The monoisotopic (exact) mass is 472 g/mol. The van der Waals surface area contributed by atoms with E-state index in [1.54, 1.807) is 7.11 Å². The fraction of sp³-hybridized carbons (Fsp3) is 0.931. The standard InChI is InChI=1S/C29H48N2O3/c1-18(5-8-26-27(33-4)34-26)21-6-7-22-20-16-25(32)24-15-19(31-14-13-30-17-31)9-11-29(24,3)23(20)10-12-28(21,22)2/h6-7,18-27,30,32H,5,8-17H2,1-4H3/t18?,19?,20-,21-,22?,23?,24+,25?,26?,27?,28?,29?/m1/s1. The molecule has 2 aliphatic heterocycles. The highest BCUT2D eigenvalue weighted by Crippen LogP contribution is 2.67. The third-order valence-corrected chi connectivity index (χ3v) is 11.9. The third kappa shape index (κ3) is 3.75. The van der Waals surface area contributed by atoms with Crippen molar-refractivity contribution in [3.63, 3.8) is 0 Å². The first-order chi connectivity index (χ1) is 16.3. The topological polar surface area (TPSA) is 57.3 Å². The zero-order valence-electron chi connectivity index (χ0n) is 21.9. The lowest BCUT2D eigenvalue weighted by molar-refractivity contribution is -0.163. The van der Waals surface area contributed by atoms with E-state index in [4.69, 9.17) is 9.47 Å². The van der Waals surface area contributed by atoms with Crippen LogP contribution < -0.4 is 5.32 Å². The Labute approximate surface area is 207 Å². The summed E-state index contributed by atoms with van der Waals surface area (Å²) in [6, 6.07) is 0.665. The van der Waals surface area contributed by atoms with E-state index < -0.39 is 0 Å². The molecule has 6 aliphatic rings. The molecule has 5 nitrogen and oxygen atoms in total. The Morgan fingerprint density at radius 3 is 2.71 bits per heavy atom. The molecule has 0 aromatic heterocycles. The molecule has 5 fully saturated rings. The molecule has 0 aromatic carbocycles. The highest BCUT2D eigenvalue weighted by Gasteiger charge is 2.61. The van der Waals surface area contributed by atoms with Crippen LogP contribution in [-0.4, -0.2) is 61.4 Å². The van der Waals surface area contributed by atoms with Gasteiger partial charge in [-0.15, -0.1) is 0 Å². The van der Waals surface area contributed by atoms with E-state index in [2.05, 4.69) is 43.1 Å². The van der Waals surface area contributed by atoms with Crippen molar-refractivity contribution in [1.29, 1.82) is 0 Å².